The van der Waals surface area contributed by atoms with Crippen LogP contribution in [0.2, 0.25) is 0 Å². The molecule has 0 atom stereocenters. The van der Waals surface area contributed by atoms with E-state index in [0.29, 0.717) is 0 Å². The van der Waals surface area contributed by atoms with Crippen molar-refractivity contribution >= 4 is 5.97 Å². The molecule has 0 aliphatic carbocycles. The van der Waals surface area contributed by atoms with Gasteiger partial charge in [0, 0.05) is 0 Å². The Morgan fingerprint density at radius 2 is 2.00 bits per heavy atom. The van der Waals surface area contributed by atoms with E-state index in [1.807, 2.05) is 0 Å². The molecule has 1 rings (SSSR count). The fourth-order valence-electron chi connectivity index (χ4n) is 1.30. The third-order valence-corrected chi connectivity index (χ3v) is 1.86. The van der Waals surface area contributed by atoms with Gasteiger partial charge in [-0.2, -0.15) is 0 Å². The highest BCUT2D eigenvalue weighted by molar-refractivity contribution is 5.89. The monoisotopic (exact) mass is 196 g/mol. The van der Waals surface area contributed by atoms with Gasteiger partial charge in [-0.15, -0.1) is 0 Å². The first-order chi connectivity index (χ1) is 6.34. The zero-order valence-corrected chi connectivity index (χ0v) is 8.33. The molecule has 0 radical (unpaired) electrons. The van der Waals surface area contributed by atoms with Crippen LogP contribution < -0.4 is 5.63 Å². The van der Waals surface area contributed by atoms with Crippen LogP contribution in [0.15, 0.2) is 21.5 Å². The van der Waals surface area contributed by atoms with Crippen LogP contribution in [-0.4, -0.2) is 11.1 Å². The molecule has 0 fully saturated rings. The van der Waals surface area contributed by atoms with Gasteiger partial charge in [-0.05, 0) is 11.5 Å². The Kier molecular flexibility index (Phi) is 2.47. The van der Waals surface area contributed by atoms with Crippen molar-refractivity contribution in [3.8, 4) is 0 Å². The second-order valence-electron chi connectivity index (χ2n) is 4.05. The van der Waals surface area contributed by atoms with E-state index in [4.69, 9.17) is 5.11 Å². The molecule has 4 nitrogen and oxygen atoms in total. The molecule has 0 saturated heterocycles. The quantitative estimate of drug-likeness (QED) is 0.741. The molecule has 0 aromatic carbocycles. The van der Waals surface area contributed by atoms with Gasteiger partial charge in [0.25, 0.3) is 0 Å². The van der Waals surface area contributed by atoms with Gasteiger partial charge in [0.15, 0.2) is 0 Å². The third kappa shape index (κ3) is 1.84. The van der Waals surface area contributed by atoms with Gasteiger partial charge in [0.2, 0.25) is 0 Å². The van der Waals surface area contributed by atoms with E-state index in [9.17, 15) is 9.59 Å². The highest BCUT2D eigenvalue weighted by Gasteiger charge is 2.25. The van der Waals surface area contributed by atoms with Gasteiger partial charge in [-0.1, -0.05) is 20.8 Å². The molecule has 1 aromatic rings. The summed E-state index contributed by atoms with van der Waals surface area (Å²) in [5.74, 6) is -1.11. The predicted molar refractivity (Wildman–Crippen MR) is 50.6 cm³/mol. The Morgan fingerprint density at radius 1 is 1.43 bits per heavy atom. The van der Waals surface area contributed by atoms with Crippen LogP contribution in [0.1, 0.15) is 36.7 Å². The first-order valence-corrected chi connectivity index (χ1v) is 4.19. The Hall–Kier alpha value is -1.58. The number of hydrogen-bond acceptors (Lipinski definition) is 3. The molecule has 1 aromatic heterocycles. The second kappa shape index (κ2) is 3.29. The van der Waals surface area contributed by atoms with Crippen LogP contribution in [0, 0.1) is 0 Å². The van der Waals surface area contributed by atoms with Gasteiger partial charge in [-0.25, -0.2) is 9.59 Å². The normalized spacial score (nSPS) is 11.4. The van der Waals surface area contributed by atoms with Crippen molar-refractivity contribution in [3.05, 3.63) is 33.9 Å². The second-order valence-corrected chi connectivity index (χ2v) is 4.05. The Balaban J connectivity index is 3.54. The van der Waals surface area contributed by atoms with Crippen molar-refractivity contribution in [1.29, 1.82) is 0 Å². The van der Waals surface area contributed by atoms with E-state index in [0.717, 1.165) is 6.26 Å². The van der Waals surface area contributed by atoms with Gasteiger partial charge in [0.1, 0.15) is 0 Å². The lowest BCUT2D eigenvalue weighted by atomic mass is 9.85. The van der Waals surface area contributed by atoms with Crippen molar-refractivity contribution in [2.45, 2.75) is 26.2 Å². The maximum absolute atomic E-state index is 11.4. The van der Waals surface area contributed by atoms with Crippen molar-refractivity contribution in [2.75, 3.05) is 0 Å². The molecular weight excluding hydrogens is 184 g/mol. The Labute approximate surface area is 81.2 Å². The van der Waals surface area contributed by atoms with Crippen molar-refractivity contribution < 1.29 is 14.3 Å². The highest BCUT2D eigenvalue weighted by Crippen LogP contribution is 2.22. The third-order valence-electron chi connectivity index (χ3n) is 1.86. The molecule has 0 amide bonds. The summed E-state index contributed by atoms with van der Waals surface area (Å²) in [6.45, 7) is 5.31. The lowest BCUT2D eigenvalue weighted by Crippen LogP contribution is -2.26. The first-order valence-electron chi connectivity index (χ1n) is 4.19. The molecule has 76 valence electrons. The van der Waals surface area contributed by atoms with Crippen LogP contribution in [0.25, 0.3) is 0 Å². The van der Waals surface area contributed by atoms with Crippen LogP contribution >= 0.6 is 0 Å². The lowest BCUT2D eigenvalue weighted by Gasteiger charge is -2.18. The smallest absolute Gasteiger partial charge is 0.340 e. The van der Waals surface area contributed by atoms with Crippen molar-refractivity contribution in [2.24, 2.45) is 0 Å². The number of carbonyl (C=O) groups is 1. The van der Waals surface area contributed by atoms with Crippen LogP contribution in [-0.2, 0) is 5.41 Å². The summed E-state index contributed by atoms with van der Waals surface area (Å²) in [7, 11) is 0. The number of rotatable bonds is 1. The number of aromatic carboxylic acids is 1. The predicted octanol–water partition coefficient (Wildman–Crippen LogP) is 1.64. The van der Waals surface area contributed by atoms with E-state index in [2.05, 4.69) is 4.42 Å². The number of carboxylic acid groups (broad SMARTS) is 1. The minimum atomic E-state index is -1.11. The van der Waals surface area contributed by atoms with Gasteiger partial charge >= 0.3 is 11.6 Å². The molecule has 1 N–H and O–H groups in total. The van der Waals surface area contributed by atoms with Crippen LogP contribution in [0.4, 0.5) is 0 Å². The van der Waals surface area contributed by atoms with Crippen molar-refractivity contribution in [1.82, 2.24) is 0 Å². The van der Waals surface area contributed by atoms with E-state index in [-0.39, 0.29) is 11.1 Å². The molecular formula is C10H12O4. The highest BCUT2D eigenvalue weighted by atomic mass is 16.4. The molecule has 1 heterocycles. The maximum atomic E-state index is 11.4. The fourth-order valence-corrected chi connectivity index (χ4v) is 1.30. The topological polar surface area (TPSA) is 67.5 Å². The largest absolute Gasteiger partial charge is 0.478 e. The average Bonchev–Trinajstić information content (AvgIpc) is 2.01. The summed E-state index contributed by atoms with van der Waals surface area (Å²) in [4.78, 5) is 22.2. The number of carboxylic acids is 1. The van der Waals surface area contributed by atoms with Crippen LogP contribution in [0.3, 0.4) is 0 Å². The zero-order chi connectivity index (χ0) is 10.9. The maximum Gasteiger partial charge on any atom is 0.340 e. The lowest BCUT2D eigenvalue weighted by molar-refractivity contribution is 0.0692. The fraction of sp³-hybridized carbons (Fsp3) is 0.400. The molecule has 14 heavy (non-hydrogen) atoms. The van der Waals surface area contributed by atoms with Crippen molar-refractivity contribution in [3.63, 3.8) is 0 Å². The van der Waals surface area contributed by atoms with Gasteiger partial charge < -0.3 is 9.52 Å². The minimum Gasteiger partial charge on any atom is -0.478 e. The minimum absolute atomic E-state index is 0.00810. The summed E-state index contributed by atoms with van der Waals surface area (Å²) in [5, 5.41) is 8.87. The molecule has 0 unspecified atom stereocenters. The Bertz CT molecular complexity index is 409. The molecule has 4 heteroatoms. The van der Waals surface area contributed by atoms with E-state index < -0.39 is 17.0 Å². The van der Waals surface area contributed by atoms with Crippen LogP contribution in [0.5, 0.6) is 0 Å². The molecule has 0 aliphatic heterocycles. The van der Waals surface area contributed by atoms with Gasteiger partial charge in [-0.3, -0.25) is 0 Å². The zero-order valence-electron chi connectivity index (χ0n) is 8.33. The molecule has 0 bridgehead atoms. The first kappa shape index (κ1) is 10.5. The summed E-state index contributed by atoms with van der Waals surface area (Å²) < 4.78 is 4.66. The van der Waals surface area contributed by atoms with Gasteiger partial charge in [0.05, 0.1) is 17.4 Å². The SMILES string of the molecule is CC(C)(C)c1c(C(=O)O)ccoc1=O. The number of hydrogen-bond donors (Lipinski definition) is 1. The molecule has 0 spiro atoms. The standard InChI is InChI=1S/C10H12O4/c1-10(2,3)7-6(8(11)12)4-5-14-9(7)13/h4-5H,1-3H3,(H,11,12). The molecule has 0 saturated carbocycles. The summed E-state index contributed by atoms with van der Waals surface area (Å²) >= 11 is 0. The van der Waals surface area contributed by atoms with E-state index in [1.54, 1.807) is 20.8 Å². The summed E-state index contributed by atoms with van der Waals surface area (Å²) in [5.41, 5.74) is -0.908. The van der Waals surface area contributed by atoms with E-state index in [1.165, 1.54) is 6.07 Å². The summed E-state index contributed by atoms with van der Waals surface area (Å²) in [6, 6.07) is 1.30. The average molecular weight is 196 g/mol. The summed E-state index contributed by atoms with van der Waals surface area (Å²) in [6.07, 6.45) is 1.10. The van der Waals surface area contributed by atoms with E-state index >= 15 is 0 Å². The molecule has 0 aliphatic rings. The Morgan fingerprint density at radius 3 is 2.36 bits per heavy atom.